The Morgan fingerprint density at radius 2 is 0.600 bits per heavy atom. The highest BCUT2D eigenvalue weighted by Crippen LogP contribution is 2.39. The van der Waals surface area contributed by atoms with Gasteiger partial charge in [-0.3, -0.25) is 0 Å². The van der Waals surface area contributed by atoms with Crippen molar-refractivity contribution in [3.63, 3.8) is 0 Å². The molecule has 0 saturated carbocycles. The summed E-state index contributed by atoms with van der Waals surface area (Å²) in [6, 6.07) is 75.4. The fourth-order valence-electron chi connectivity index (χ4n) is 8.20. The molecule has 0 aliphatic heterocycles. The Balaban J connectivity index is 0.946. The third-order valence-corrected chi connectivity index (χ3v) is 11.3. The molecule has 1 heterocycles. The summed E-state index contributed by atoms with van der Waals surface area (Å²) in [7, 11) is 0. The molecular weight excluding hydrogens is 746 g/mol. The lowest BCUT2D eigenvalue weighted by molar-refractivity contribution is -0.137. The summed E-state index contributed by atoms with van der Waals surface area (Å²) in [6.07, 6.45) is -4.36. The summed E-state index contributed by atoms with van der Waals surface area (Å²) in [5, 5.41) is 2.49. The maximum Gasteiger partial charge on any atom is 0.416 e. The number of anilines is 3. The van der Waals surface area contributed by atoms with Crippen molar-refractivity contribution in [2.75, 3.05) is 4.90 Å². The summed E-state index contributed by atoms with van der Waals surface area (Å²) in [5.74, 6) is 0. The number of alkyl halides is 3. The van der Waals surface area contributed by atoms with Gasteiger partial charge < -0.3 is 9.47 Å². The standard InChI is InChI=1S/C55H37F3N2/c56-55(57,58)46-28-18-41(19-29-46)39-14-16-40(17-15-39)43-22-32-48(33-23-43)59(47-30-20-42(21-31-47)38-8-2-1-3-9-38)49-34-24-44(25-35-49)45-26-36-50(37-27-45)60-53-12-6-4-10-51(53)52-11-5-7-13-54(52)60/h1-37H. The second kappa shape index (κ2) is 15.3. The van der Waals surface area contributed by atoms with E-state index in [-0.39, 0.29) is 0 Å². The molecule has 0 N–H and O–H groups in total. The number of benzene rings is 9. The molecule has 0 radical (unpaired) electrons. The molecule has 0 fully saturated rings. The minimum Gasteiger partial charge on any atom is -0.311 e. The average Bonchev–Trinajstić information content (AvgIpc) is 3.64. The van der Waals surface area contributed by atoms with E-state index < -0.39 is 11.7 Å². The number of hydrogen-bond acceptors (Lipinski definition) is 1. The van der Waals surface area contributed by atoms with Crippen molar-refractivity contribution in [3.05, 3.63) is 230 Å². The first-order valence-corrected chi connectivity index (χ1v) is 19.9. The molecule has 0 bridgehead atoms. The third-order valence-electron chi connectivity index (χ3n) is 11.3. The van der Waals surface area contributed by atoms with Crippen LogP contribution in [-0.4, -0.2) is 4.57 Å². The normalized spacial score (nSPS) is 11.6. The van der Waals surface area contributed by atoms with Crippen LogP contribution >= 0.6 is 0 Å². The van der Waals surface area contributed by atoms with E-state index in [1.807, 2.05) is 30.3 Å². The van der Waals surface area contributed by atoms with Crippen molar-refractivity contribution in [3.8, 4) is 50.2 Å². The summed E-state index contributed by atoms with van der Waals surface area (Å²) < 4.78 is 41.7. The van der Waals surface area contributed by atoms with Crippen molar-refractivity contribution < 1.29 is 13.2 Å². The van der Waals surface area contributed by atoms with Crippen LogP contribution in [-0.2, 0) is 6.18 Å². The van der Waals surface area contributed by atoms with Gasteiger partial charge in [-0.25, -0.2) is 0 Å². The van der Waals surface area contributed by atoms with Crippen LogP contribution in [0.5, 0.6) is 0 Å². The zero-order valence-corrected chi connectivity index (χ0v) is 32.4. The Kier molecular flexibility index (Phi) is 9.34. The maximum atomic E-state index is 13.1. The van der Waals surface area contributed by atoms with E-state index in [4.69, 9.17) is 0 Å². The van der Waals surface area contributed by atoms with Gasteiger partial charge in [-0.15, -0.1) is 0 Å². The van der Waals surface area contributed by atoms with Gasteiger partial charge in [0.1, 0.15) is 0 Å². The molecule has 0 atom stereocenters. The monoisotopic (exact) mass is 782 g/mol. The topological polar surface area (TPSA) is 8.17 Å². The SMILES string of the molecule is FC(F)(F)c1ccc(-c2ccc(-c3ccc(N(c4ccc(-c5ccccc5)cc4)c4ccc(-c5ccc(-n6c7ccccc7c7ccccc76)cc5)cc4)cc3)cc2)cc1. The van der Waals surface area contributed by atoms with Gasteiger partial charge in [0.05, 0.1) is 16.6 Å². The average molecular weight is 783 g/mol. The van der Waals surface area contributed by atoms with E-state index in [2.05, 4.69) is 179 Å². The highest BCUT2D eigenvalue weighted by Gasteiger charge is 2.30. The molecule has 0 aliphatic rings. The fourth-order valence-corrected chi connectivity index (χ4v) is 8.20. The second-order valence-corrected chi connectivity index (χ2v) is 14.9. The second-order valence-electron chi connectivity index (χ2n) is 14.9. The first-order valence-electron chi connectivity index (χ1n) is 19.9. The number of fused-ring (bicyclic) bond motifs is 3. The number of para-hydroxylation sites is 2. The number of halogens is 3. The molecule has 5 heteroatoms. The zero-order valence-electron chi connectivity index (χ0n) is 32.4. The fraction of sp³-hybridized carbons (Fsp3) is 0.0182. The Morgan fingerprint density at radius 3 is 0.983 bits per heavy atom. The van der Waals surface area contributed by atoms with Crippen molar-refractivity contribution >= 4 is 38.9 Å². The third kappa shape index (κ3) is 7.01. The Hall–Kier alpha value is -7.63. The summed E-state index contributed by atoms with van der Waals surface area (Å²) in [6.45, 7) is 0. The quantitative estimate of drug-likeness (QED) is 0.149. The van der Waals surface area contributed by atoms with Crippen molar-refractivity contribution in [2.45, 2.75) is 6.18 Å². The van der Waals surface area contributed by atoms with E-state index >= 15 is 0 Å². The van der Waals surface area contributed by atoms with Gasteiger partial charge in [0, 0.05) is 33.5 Å². The largest absolute Gasteiger partial charge is 0.416 e. The number of rotatable bonds is 8. The molecule has 10 rings (SSSR count). The number of nitrogens with zero attached hydrogens (tertiary/aromatic N) is 2. The smallest absolute Gasteiger partial charge is 0.311 e. The molecule has 0 unspecified atom stereocenters. The van der Waals surface area contributed by atoms with Gasteiger partial charge in [0.2, 0.25) is 0 Å². The predicted molar refractivity (Wildman–Crippen MR) is 242 cm³/mol. The van der Waals surface area contributed by atoms with Crippen molar-refractivity contribution in [1.82, 2.24) is 4.57 Å². The molecule has 1 aromatic heterocycles. The molecule has 60 heavy (non-hydrogen) atoms. The van der Waals surface area contributed by atoms with E-state index in [1.165, 1.54) is 33.9 Å². The van der Waals surface area contributed by atoms with Crippen LogP contribution < -0.4 is 4.90 Å². The highest BCUT2D eigenvalue weighted by molar-refractivity contribution is 6.09. The lowest BCUT2D eigenvalue weighted by atomic mass is 9.99. The minimum absolute atomic E-state index is 0.651. The van der Waals surface area contributed by atoms with Gasteiger partial charge in [-0.05, 0) is 117 Å². The number of hydrogen-bond donors (Lipinski definition) is 0. The first kappa shape index (κ1) is 36.7. The summed E-state index contributed by atoms with van der Waals surface area (Å²) in [5.41, 5.74) is 14.2. The lowest BCUT2D eigenvalue weighted by Gasteiger charge is -2.26. The summed E-state index contributed by atoms with van der Waals surface area (Å²) in [4.78, 5) is 2.27. The van der Waals surface area contributed by atoms with Gasteiger partial charge in [0.15, 0.2) is 0 Å². The molecular formula is C55H37F3N2. The van der Waals surface area contributed by atoms with E-state index in [0.717, 1.165) is 79.4 Å². The molecule has 0 saturated heterocycles. The first-order chi connectivity index (χ1) is 29.4. The Morgan fingerprint density at radius 1 is 0.300 bits per heavy atom. The van der Waals surface area contributed by atoms with E-state index in [1.54, 1.807) is 0 Å². The Labute approximate surface area is 346 Å². The highest BCUT2D eigenvalue weighted by atomic mass is 19.4. The van der Waals surface area contributed by atoms with Crippen LogP contribution in [0.15, 0.2) is 224 Å². The zero-order chi connectivity index (χ0) is 40.6. The van der Waals surface area contributed by atoms with Gasteiger partial charge >= 0.3 is 6.18 Å². The molecule has 2 nitrogen and oxygen atoms in total. The van der Waals surface area contributed by atoms with Gasteiger partial charge in [-0.1, -0.05) is 152 Å². The van der Waals surface area contributed by atoms with Crippen LogP contribution in [0, 0.1) is 0 Å². The molecule has 0 spiro atoms. The minimum atomic E-state index is -4.36. The molecule has 10 aromatic rings. The van der Waals surface area contributed by atoms with Crippen LogP contribution in [0.2, 0.25) is 0 Å². The Bertz CT molecular complexity index is 3000. The van der Waals surface area contributed by atoms with Gasteiger partial charge in [0.25, 0.3) is 0 Å². The van der Waals surface area contributed by atoms with E-state index in [0.29, 0.717) is 0 Å². The molecule has 0 aliphatic carbocycles. The van der Waals surface area contributed by atoms with Crippen molar-refractivity contribution in [2.24, 2.45) is 0 Å². The van der Waals surface area contributed by atoms with Crippen molar-refractivity contribution in [1.29, 1.82) is 0 Å². The lowest BCUT2D eigenvalue weighted by Crippen LogP contribution is -2.09. The van der Waals surface area contributed by atoms with E-state index in [9.17, 15) is 13.2 Å². The number of aromatic nitrogens is 1. The molecule has 0 amide bonds. The molecule has 288 valence electrons. The van der Waals surface area contributed by atoms with Gasteiger partial charge in [-0.2, -0.15) is 13.2 Å². The maximum absolute atomic E-state index is 13.1. The predicted octanol–water partition coefficient (Wildman–Crippen LogP) is 15.9. The summed E-state index contributed by atoms with van der Waals surface area (Å²) >= 11 is 0. The van der Waals surface area contributed by atoms with Crippen LogP contribution in [0.4, 0.5) is 30.2 Å². The van der Waals surface area contributed by atoms with Crippen LogP contribution in [0.1, 0.15) is 5.56 Å². The molecule has 9 aromatic carbocycles. The van der Waals surface area contributed by atoms with Crippen LogP contribution in [0.3, 0.4) is 0 Å². The van der Waals surface area contributed by atoms with Crippen LogP contribution in [0.25, 0.3) is 72.0 Å².